The van der Waals surface area contributed by atoms with E-state index in [1.807, 2.05) is 36.4 Å². The van der Waals surface area contributed by atoms with E-state index in [1.165, 1.54) is 6.08 Å². The summed E-state index contributed by atoms with van der Waals surface area (Å²) in [6.45, 7) is 0.450. The number of benzene rings is 3. The van der Waals surface area contributed by atoms with Crippen LogP contribution in [0.1, 0.15) is 11.1 Å². The summed E-state index contributed by atoms with van der Waals surface area (Å²) in [5.41, 5.74) is 2.12. The maximum Gasteiger partial charge on any atom is 0.266 e. The predicted molar refractivity (Wildman–Crippen MR) is 123 cm³/mol. The van der Waals surface area contributed by atoms with E-state index in [0.29, 0.717) is 32.6 Å². The number of ether oxygens (including phenoxy) is 1. The van der Waals surface area contributed by atoms with Gasteiger partial charge in [0.2, 0.25) is 0 Å². The number of hydrogen-bond acceptors (Lipinski definition) is 4. The third-order valence-corrected chi connectivity index (χ3v) is 5.28. The Kier molecular flexibility index (Phi) is 7.28. The summed E-state index contributed by atoms with van der Waals surface area (Å²) >= 11 is 6.46. The Morgan fingerprint density at radius 2 is 1.70 bits per heavy atom. The maximum absolute atomic E-state index is 12.5. The van der Waals surface area contributed by atoms with E-state index < -0.39 is 5.91 Å². The quantitative estimate of drug-likeness (QED) is 0.302. The number of amides is 1. The summed E-state index contributed by atoms with van der Waals surface area (Å²) in [5, 5.41) is 21.9. The van der Waals surface area contributed by atoms with Gasteiger partial charge in [-0.2, -0.15) is 5.26 Å². The molecule has 0 spiro atoms. The molecule has 0 unspecified atom stereocenters. The Hall–Kier alpha value is -3.08. The number of nitrogens with one attached hydrogen (secondary N) is 1. The van der Waals surface area contributed by atoms with Gasteiger partial charge in [-0.1, -0.05) is 30.3 Å². The molecule has 2 N–H and O–H groups in total. The molecule has 0 atom stereocenters. The first-order valence-electron chi connectivity index (χ1n) is 8.84. The third-order valence-electron chi connectivity index (χ3n) is 4.08. The van der Waals surface area contributed by atoms with Gasteiger partial charge in [-0.3, -0.25) is 4.79 Å². The molecule has 0 heterocycles. The van der Waals surface area contributed by atoms with Crippen molar-refractivity contribution in [1.82, 2.24) is 0 Å². The van der Waals surface area contributed by atoms with Crippen molar-refractivity contribution in [3.05, 3.63) is 92.4 Å². The molecule has 150 valence electrons. The maximum atomic E-state index is 12.5. The zero-order valence-electron chi connectivity index (χ0n) is 15.6. The first-order chi connectivity index (χ1) is 14.5. The third kappa shape index (κ3) is 5.72. The van der Waals surface area contributed by atoms with Crippen LogP contribution in [0, 0.1) is 11.3 Å². The van der Waals surface area contributed by atoms with Crippen molar-refractivity contribution in [2.24, 2.45) is 0 Å². The van der Waals surface area contributed by atoms with Gasteiger partial charge in [0, 0.05) is 5.69 Å². The molecule has 3 aromatic carbocycles. The van der Waals surface area contributed by atoms with Crippen molar-refractivity contribution in [1.29, 1.82) is 5.26 Å². The molecule has 0 aliphatic carbocycles. The molecule has 30 heavy (non-hydrogen) atoms. The number of anilines is 1. The molecule has 1 amide bonds. The monoisotopic (exact) mass is 526 g/mol. The van der Waals surface area contributed by atoms with E-state index in [0.717, 1.165) is 5.56 Å². The Labute approximate surface area is 190 Å². The Morgan fingerprint density at radius 3 is 2.30 bits per heavy atom. The van der Waals surface area contributed by atoms with Crippen LogP contribution in [0.2, 0.25) is 0 Å². The minimum absolute atomic E-state index is 0.0460. The number of carbonyl (C=O) groups excluding carboxylic acids is 1. The van der Waals surface area contributed by atoms with Gasteiger partial charge in [-0.15, -0.1) is 0 Å². The summed E-state index contributed by atoms with van der Waals surface area (Å²) in [6, 6.07) is 21.9. The molecule has 7 heteroatoms. The molecule has 0 fully saturated rings. The summed E-state index contributed by atoms with van der Waals surface area (Å²) in [5.74, 6) is 0.187. The Balaban J connectivity index is 1.66. The number of nitriles is 1. The van der Waals surface area contributed by atoms with Crippen LogP contribution in [0.25, 0.3) is 6.08 Å². The lowest BCUT2D eigenvalue weighted by Crippen LogP contribution is -2.13. The highest BCUT2D eigenvalue weighted by molar-refractivity contribution is 9.11. The number of hydrogen-bond donors (Lipinski definition) is 2. The molecule has 0 saturated heterocycles. The fourth-order valence-corrected chi connectivity index (χ4v) is 3.78. The van der Waals surface area contributed by atoms with E-state index in [4.69, 9.17) is 4.74 Å². The summed E-state index contributed by atoms with van der Waals surface area (Å²) in [6.07, 6.45) is 1.45. The van der Waals surface area contributed by atoms with E-state index >= 15 is 0 Å². The lowest BCUT2D eigenvalue weighted by atomic mass is 10.1. The SMILES string of the molecule is N#C/C(=C\c1cc(Br)c(O)c(Br)c1)C(=O)Nc1ccc(OCc2ccccc2)cc1. The zero-order valence-corrected chi connectivity index (χ0v) is 18.8. The van der Waals surface area contributed by atoms with Crippen molar-refractivity contribution in [2.45, 2.75) is 6.61 Å². The van der Waals surface area contributed by atoms with Crippen molar-refractivity contribution >= 4 is 49.5 Å². The van der Waals surface area contributed by atoms with E-state index in [1.54, 1.807) is 36.4 Å². The van der Waals surface area contributed by atoms with Crippen LogP contribution in [-0.4, -0.2) is 11.0 Å². The highest BCUT2D eigenvalue weighted by atomic mass is 79.9. The van der Waals surface area contributed by atoms with Gasteiger partial charge in [0.15, 0.2) is 0 Å². The van der Waals surface area contributed by atoms with Gasteiger partial charge < -0.3 is 15.2 Å². The van der Waals surface area contributed by atoms with Gasteiger partial charge in [-0.05, 0) is 85.5 Å². The molecule has 0 saturated carbocycles. The Bertz CT molecular complexity index is 1100. The van der Waals surface area contributed by atoms with E-state index in [9.17, 15) is 15.2 Å². The van der Waals surface area contributed by atoms with E-state index in [2.05, 4.69) is 37.2 Å². The molecule has 5 nitrogen and oxygen atoms in total. The minimum Gasteiger partial charge on any atom is -0.506 e. The summed E-state index contributed by atoms with van der Waals surface area (Å²) in [7, 11) is 0. The number of halogens is 2. The average molecular weight is 528 g/mol. The smallest absolute Gasteiger partial charge is 0.266 e. The largest absolute Gasteiger partial charge is 0.506 e. The van der Waals surface area contributed by atoms with Crippen LogP contribution in [0.15, 0.2) is 81.2 Å². The van der Waals surface area contributed by atoms with Crippen LogP contribution in [0.4, 0.5) is 5.69 Å². The van der Waals surface area contributed by atoms with Crippen molar-refractivity contribution < 1.29 is 14.6 Å². The van der Waals surface area contributed by atoms with Crippen LogP contribution in [0.3, 0.4) is 0 Å². The van der Waals surface area contributed by atoms with Gasteiger partial charge in [0.05, 0.1) is 8.95 Å². The molecule has 0 aliphatic heterocycles. The second-order valence-corrected chi connectivity index (χ2v) is 7.96. The van der Waals surface area contributed by atoms with Crippen LogP contribution >= 0.6 is 31.9 Å². The molecule has 0 radical (unpaired) electrons. The molecule has 0 bridgehead atoms. The zero-order chi connectivity index (χ0) is 21.5. The van der Waals surface area contributed by atoms with Crippen molar-refractivity contribution in [2.75, 3.05) is 5.32 Å². The highest BCUT2D eigenvalue weighted by Gasteiger charge is 2.11. The summed E-state index contributed by atoms with van der Waals surface area (Å²) in [4.78, 5) is 12.5. The molecule has 3 rings (SSSR count). The molecular weight excluding hydrogens is 512 g/mol. The molecule has 3 aromatic rings. The first kappa shape index (κ1) is 21.6. The van der Waals surface area contributed by atoms with Gasteiger partial charge >= 0.3 is 0 Å². The second-order valence-electron chi connectivity index (χ2n) is 6.26. The van der Waals surface area contributed by atoms with Gasteiger partial charge in [0.25, 0.3) is 5.91 Å². The Morgan fingerprint density at radius 1 is 1.07 bits per heavy atom. The number of nitrogens with zero attached hydrogens (tertiary/aromatic N) is 1. The predicted octanol–water partition coefficient (Wildman–Crippen LogP) is 6.04. The highest BCUT2D eigenvalue weighted by Crippen LogP contribution is 2.34. The average Bonchev–Trinajstić information content (AvgIpc) is 2.76. The fourth-order valence-electron chi connectivity index (χ4n) is 2.56. The lowest BCUT2D eigenvalue weighted by Gasteiger charge is -2.08. The number of rotatable bonds is 6. The minimum atomic E-state index is -0.532. The normalized spacial score (nSPS) is 10.9. The van der Waals surface area contributed by atoms with E-state index in [-0.39, 0.29) is 11.3 Å². The van der Waals surface area contributed by atoms with Crippen molar-refractivity contribution in [3.63, 3.8) is 0 Å². The summed E-state index contributed by atoms with van der Waals surface area (Å²) < 4.78 is 6.63. The molecule has 0 aliphatic rings. The number of carbonyl (C=O) groups is 1. The second kappa shape index (κ2) is 10.1. The number of phenols is 1. The standard InChI is InChI=1S/C23H16Br2N2O3/c24-20-11-16(12-21(25)22(20)28)10-17(13-26)23(29)27-18-6-8-19(9-7-18)30-14-15-4-2-1-3-5-15/h1-12,28H,14H2,(H,27,29)/b17-10+. The van der Waals surface area contributed by atoms with Crippen LogP contribution in [0.5, 0.6) is 11.5 Å². The molecule has 0 aromatic heterocycles. The van der Waals surface area contributed by atoms with Gasteiger partial charge in [-0.25, -0.2) is 0 Å². The van der Waals surface area contributed by atoms with Crippen LogP contribution in [-0.2, 0) is 11.4 Å². The van der Waals surface area contributed by atoms with Crippen LogP contribution < -0.4 is 10.1 Å². The first-order valence-corrected chi connectivity index (χ1v) is 10.4. The van der Waals surface area contributed by atoms with Crippen molar-refractivity contribution in [3.8, 4) is 17.6 Å². The fraction of sp³-hybridized carbons (Fsp3) is 0.0435. The molecular formula is C23H16Br2N2O3. The lowest BCUT2D eigenvalue weighted by molar-refractivity contribution is -0.112. The number of phenolic OH excluding ortho intramolecular Hbond substituents is 1. The topological polar surface area (TPSA) is 82.3 Å². The number of aromatic hydroxyl groups is 1. The van der Waals surface area contributed by atoms with Gasteiger partial charge in [0.1, 0.15) is 29.7 Å².